The monoisotopic (exact) mass is 198 g/mol. The molecule has 0 aromatic carbocycles. The van der Waals surface area contributed by atoms with Gasteiger partial charge in [0.25, 0.3) is 0 Å². The first kappa shape index (κ1) is 9.19. The van der Waals surface area contributed by atoms with Gasteiger partial charge in [-0.25, -0.2) is 0 Å². The predicted octanol–water partition coefficient (Wildman–Crippen LogP) is 1.83. The Bertz CT molecular complexity index is 270. The van der Waals surface area contributed by atoms with Gasteiger partial charge in [-0.05, 0) is 29.3 Å². The third kappa shape index (κ3) is 1.77. The van der Waals surface area contributed by atoms with Crippen molar-refractivity contribution in [1.29, 1.82) is 0 Å². The molecule has 2 rings (SSSR count). The molecular weight excluding hydrogens is 184 g/mol. The van der Waals surface area contributed by atoms with Gasteiger partial charge in [0.1, 0.15) is 0 Å². The minimum Gasteiger partial charge on any atom is -0.387 e. The zero-order valence-corrected chi connectivity index (χ0v) is 8.51. The topological polar surface area (TPSA) is 29.5 Å². The highest BCUT2D eigenvalue weighted by atomic mass is 32.1. The highest BCUT2D eigenvalue weighted by Crippen LogP contribution is 2.29. The van der Waals surface area contributed by atoms with Crippen molar-refractivity contribution in [3.8, 4) is 0 Å². The van der Waals surface area contributed by atoms with Gasteiger partial charge in [-0.1, -0.05) is 0 Å². The molecule has 13 heavy (non-hydrogen) atoms. The van der Waals surface area contributed by atoms with E-state index in [2.05, 4.69) is 11.4 Å². The van der Waals surface area contributed by atoms with Crippen molar-refractivity contribution in [1.82, 2.24) is 0 Å². The van der Waals surface area contributed by atoms with Crippen molar-refractivity contribution < 1.29 is 9.84 Å². The number of aliphatic hydroxyl groups is 1. The summed E-state index contributed by atoms with van der Waals surface area (Å²) in [5.74, 6) is 0. The zero-order chi connectivity index (χ0) is 9.31. The molecule has 2 unspecified atom stereocenters. The van der Waals surface area contributed by atoms with Gasteiger partial charge in [-0.15, -0.1) is 0 Å². The van der Waals surface area contributed by atoms with Crippen LogP contribution in [0, 0.1) is 0 Å². The van der Waals surface area contributed by atoms with Gasteiger partial charge >= 0.3 is 0 Å². The van der Waals surface area contributed by atoms with Gasteiger partial charge in [0, 0.05) is 19.4 Å². The quantitative estimate of drug-likeness (QED) is 0.785. The smallest absolute Gasteiger partial charge is 0.0967 e. The van der Waals surface area contributed by atoms with Crippen LogP contribution in [-0.4, -0.2) is 23.4 Å². The number of hydrogen-bond acceptors (Lipinski definition) is 3. The van der Waals surface area contributed by atoms with E-state index in [4.69, 9.17) is 4.74 Å². The maximum absolute atomic E-state index is 10.2. The Morgan fingerprint density at radius 1 is 1.77 bits per heavy atom. The Labute approximate surface area is 82.2 Å². The highest BCUT2D eigenvalue weighted by molar-refractivity contribution is 7.07. The summed E-state index contributed by atoms with van der Waals surface area (Å²) < 4.78 is 5.37. The van der Waals surface area contributed by atoms with Crippen LogP contribution >= 0.6 is 11.3 Å². The molecule has 72 valence electrons. The molecule has 1 saturated heterocycles. The standard InChI is InChI=1S/C10H14O2S/c1-8-10(11,3-4-12-8)6-9-2-5-13-7-9/h2,5,7-8,11H,3-4,6H2,1H3. The maximum atomic E-state index is 10.2. The van der Waals surface area contributed by atoms with Crippen LogP contribution in [0.15, 0.2) is 16.8 Å². The fourth-order valence-corrected chi connectivity index (χ4v) is 2.42. The van der Waals surface area contributed by atoms with Gasteiger partial charge < -0.3 is 9.84 Å². The summed E-state index contributed by atoms with van der Waals surface area (Å²) >= 11 is 1.67. The van der Waals surface area contributed by atoms with Gasteiger partial charge in [-0.2, -0.15) is 11.3 Å². The van der Waals surface area contributed by atoms with E-state index in [0.717, 1.165) is 12.8 Å². The maximum Gasteiger partial charge on any atom is 0.0967 e. The molecule has 1 aromatic rings. The molecule has 1 aliphatic heterocycles. The normalized spacial score (nSPS) is 33.8. The minimum atomic E-state index is -0.638. The molecule has 1 aromatic heterocycles. The van der Waals surface area contributed by atoms with E-state index in [9.17, 15) is 5.11 Å². The fourth-order valence-electron chi connectivity index (χ4n) is 1.75. The van der Waals surface area contributed by atoms with E-state index in [0.29, 0.717) is 6.61 Å². The molecule has 1 fully saturated rings. The van der Waals surface area contributed by atoms with Gasteiger partial charge in [0.05, 0.1) is 11.7 Å². The summed E-state index contributed by atoms with van der Waals surface area (Å²) in [5.41, 5.74) is 0.575. The average Bonchev–Trinajstić information content (AvgIpc) is 2.65. The zero-order valence-electron chi connectivity index (χ0n) is 7.69. The molecule has 1 aliphatic rings. The van der Waals surface area contributed by atoms with Crippen LogP contribution in [0.4, 0.5) is 0 Å². The molecule has 0 amide bonds. The molecule has 0 aliphatic carbocycles. The molecular formula is C10H14O2S. The Kier molecular flexibility index (Phi) is 2.41. The van der Waals surface area contributed by atoms with Crippen LogP contribution in [0.1, 0.15) is 18.9 Å². The molecule has 0 bridgehead atoms. The molecule has 3 heteroatoms. The van der Waals surface area contributed by atoms with Crippen molar-refractivity contribution in [3.05, 3.63) is 22.4 Å². The van der Waals surface area contributed by atoms with Crippen molar-refractivity contribution in [2.24, 2.45) is 0 Å². The lowest BCUT2D eigenvalue weighted by molar-refractivity contribution is -0.0268. The average molecular weight is 198 g/mol. The van der Waals surface area contributed by atoms with E-state index in [1.807, 2.05) is 12.3 Å². The second-order valence-corrected chi connectivity index (χ2v) is 4.46. The summed E-state index contributed by atoms with van der Waals surface area (Å²) in [6, 6.07) is 2.06. The van der Waals surface area contributed by atoms with Crippen molar-refractivity contribution in [3.63, 3.8) is 0 Å². The predicted molar refractivity (Wildman–Crippen MR) is 53.0 cm³/mol. The summed E-state index contributed by atoms with van der Waals surface area (Å²) in [6.07, 6.45) is 1.44. The first-order valence-corrected chi connectivity index (χ1v) is 5.50. The summed E-state index contributed by atoms with van der Waals surface area (Å²) in [5, 5.41) is 14.3. The lowest BCUT2D eigenvalue weighted by Crippen LogP contribution is -2.38. The molecule has 0 saturated carbocycles. The SMILES string of the molecule is CC1OCCC1(O)Cc1ccsc1. The second kappa shape index (κ2) is 3.40. The first-order valence-electron chi connectivity index (χ1n) is 4.56. The van der Waals surface area contributed by atoms with Crippen LogP contribution in [0.2, 0.25) is 0 Å². The van der Waals surface area contributed by atoms with Crippen LogP contribution in [0.3, 0.4) is 0 Å². The van der Waals surface area contributed by atoms with E-state index in [1.165, 1.54) is 5.56 Å². The Morgan fingerprint density at radius 3 is 3.15 bits per heavy atom. The Hall–Kier alpha value is -0.380. The summed E-state index contributed by atoms with van der Waals surface area (Å²) in [4.78, 5) is 0. The fraction of sp³-hybridized carbons (Fsp3) is 0.600. The minimum absolute atomic E-state index is 0.0348. The van der Waals surface area contributed by atoms with E-state index in [1.54, 1.807) is 11.3 Å². The van der Waals surface area contributed by atoms with E-state index < -0.39 is 5.60 Å². The lowest BCUT2D eigenvalue weighted by atomic mass is 9.90. The summed E-state index contributed by atoms with van der Waals surface area (Å²) in [6.45, 7) is 2.63. The number of hydrogen-bond donors (Lipinski definition) is 1. The number of ether oxygens (including phenoxy) is 1. The molecule has 2 heterocycles. The van der Waals surface area contributed by atoms with Gasteiger partial charge in [0.15, 0.2) is 0 Å². The lowest BCUT2D eigenvalue weighted by Gasteiger charge is -2.25. The molecule has 2 nitrogen and oxygen atoms in total. The number of rotatable bonds is 2. The van der Waals surface area contributed by atoms with E-state index in [-0.39, 0.29) is 6.10 Å². The van der Waals surface area contributed by atoms with Gasteiger partial charge in [0.2, 0.25) is 0 Å². The first-order chi connectivity index (χ1) is 6.21. The molecule has 0 radical (unpaired) electrons. The van der Waals surface area contributed by atoms with Crippen molar-refractivity contribution >= 4 is 11.3 Å². The third-order valence-electron chi connectivity index (χ3n) is 2.75. The van der Waals surface area contributed by atoms with Crippen molar-refractivity contribution in [2.45, 2.75) is 31.5 Å². The van der Waals surface area contributed by atoms with Crippen LogP contribution in [0.5, 0.6) is 0 Å². The largest absolute Gasteiger partial charge is 0.387 e. The highest BCUT2D eigenvalue weighted by Gasteiger charge is 2.39. The summed E-state index contributed by atoms with van der Waals surface area (Å²) in [7, 11) is 0. The Morgan fingerprint density at radius 2 is 2.62 bits per heavy atom. The van der Waals surface area contributed by atoms with Crippen LogP contribution in [-0.2, 0) is 11.2 Å². The molecule has 1 N–H and O–H groups in total. The van der Waals surface area contributed by atoms with Crippen molar-refractivity contribution in [2.75, 3.05) is 6.61 Å². The third-order valence-corrected chi connectivity index (χ3v) is 3.48. The number of thiophene rings is 1. The van der Waals surface area contributed by atoms with Gasteiger partial charge in [-0.3, -0.25) is 0 Å². The second-order valence-electron chi connectivity index (χ2n) is 3.67. The van der Waals surface area contributed by atoms with Crippen LogP contribution in [0.25, 0.3) is 0 Å². The molecule has 2 atom stereocenters. The van der Waals surface area contributed by atoms with E-state index >= 15 is 0 Å². The molecule has 0 spiro atoms. The van der Waals surface area contributed by atoms with Crippen LogP contribution < -0.4 is 0 Å². The Balaban J connectivity index is 2.08.